The van der Waals surface area contributed by atoms with E-state index >= 15 is 0 Å². The van der Waals surface area contributed by atoms with Crippen LogP contribution >= 0.6 is 0 Å². The molecule has 0 fully saturated rings. The molecule has 0 amide bonds. The Balaban J connectivity index is 2.48. The summed E-state index contributed by atoms with van der Waals surface area (Å²) in [5.41, 5.74) is 13.1. The summed E-state index contributed by atoms with van der Waals surface area (Å²) in [7, 11) is 0. The topological polar surface area (TPSA) is 90.7 Å². The minimum Gasteiger partial charge on any atom is -0.396 e. The van der Waals surface area contributed by atoms with Crippen LogP contribution in [0.1, 0.15) is 0 Å². The Kier molecular flexibility index (Phi) is 1.98. The van der Waals surface area contributed by atoms with Gasteiger partial charge in [0, 0.05) is 18.0 Å². The normalized spacial score (nSPS) is 10.0. The van der Waals surface area contributed by atoms with Crippen molar-refractivity contribution in [3.63, 3.8) is 0 Å². The average Bonchev–Trinajstić information content (AvgIpc) is 2.23. The molecule has 2 heterocycles. The number of hydrogen-bond acceptors (Lipinski definition) is 5. The van der Waals surface area contributed by atoms with Crippen molar-refractivity contribution in [3.8, 4) is 11.3 Å². The van der Waals surface area contributed by atoms with Crippen LogP contribution in [0.4, 0.5) is 11.5 Å². The quantitative estimate of drug-likeness (QED) is 0.685. The van der Waals surface area contributed by atoms with Crippen LogP contribution in [-0.4, -0.2) is 15.0 Å². The molecule has 0 aliphatic heterocycles. The van der Waals surface area contributed by atoms with Gasteiger partial charge in [-0.15, -0.1) is 0 Å². The lowest BCUT2D eigenvalue weighted by Gasteiger charge is -2.02. The van der Waals surface area contributed by atoms with E-state index in [4.69, 9.17) is 11.5 Å². The van der Waals surface area contributed by atoms with E-state index in [0.717, 1.165) is 11.3 Å². The molecule has 2 aromatic heterocycles. The van der Waals surface area contributed by atoms with Gasteiger partial charge in [0.25, 0.3) is 0 Å². The van der Waals surface area contributed by atoms with Gasteiger partial charge in [0.15, 0.2) is 0 Å². The van der Waals surface area contributed by atoms with E-state index in [1.54, 1.807) is 24.5 Å². The SMILES string of the molecule is Nc1ccc(-c2cncnc2)nc1N. The van der Waals surface area contributed by atoms with Gasteiger partial charge in [-0.25, -0.2) is 15.0 Å². The fourth-order valence-corrected chi connectivity index (χ4v) is 1.08. The van der Waals surface area contributed by atoms with E-state index in [9.17, 15) is 0 Å². The molecule has 2 rings (SSSR count). The highest BCUT2D eigenvalue weighted by Crippen LogP contribution is 2.19. The first-order chi connectivity index (χ1) is 6.77. The summed E-state index contributed by atoms with van der Waals surface area (Å²) >= 11 is 0. The van der Waals surface area contributed by atoms with Crippen molar-refractivity contribution in [1.29, 1.82) is 0 Å². The molecule has 0 saturated carbocycles. The third-order valence-electron chi connectivity index (χ3n) is 1.81. The summed E-state index contributed by atoms with van der Waals surface area (Å²) in [6.45, 7) is 0. The summed E-state index contributed by atoms with van der Waals surface area (Å²) < 4.78 is 0. The number of rotatable bonds is 1. The van der Waals surface area contributed by atoms with Gasteiger partial charge in [-0.05, 0) is 12.1 Å². The van der Waals surface area contributed by atoms with Crippen LogP contribution in [0.15, 0.2) is 30.9 Å². The molecule has 2 aromatic rings. The fraction of sp³-hybridized carbons (Fsp3) is 0. The van der Waals surface area contributed by atoms with Crippen LogP contribution in [0.25, 0.3) is 11.3 Å². The maximum absolute atomic E-state index is 5.58. The first-order valence-corrected chi connectivity index (χ1v) is 4.05. The molecule has 0 aliphatic carbocycles. The number of nitrogens with two attached hydrogens (primary N) is 2. The number of pyridine rings is 1. The third kappa shape index (κ3) is 1.47. The van der Waals surface area contributed by atoms with E-state index in [2.05, 4.69) is 15.0 Å². The minimum absolute atomic E-state index is 0.325. The lowest BCUT2D eigenvalue weighted by atomic mass is 10.2. The van der Waals surface area contributed by atoms with Gasteiger partial charge in [-0.1, -0.05) is 0 Å². The molecule has 5 nitrogen and oxygen atoms in total. The molecule has 70 valence electrons. The predicted molar refractivity (Wildman–Crippen MR) is 54.1 cm³/mol. The molecule has 0 aliphatic rings. The van der Waals surface area contributed by atoms with E-state index < -0.39 is 0 Å². The smallest absolute Gasteiger partial charge is 0.147 e. The number of nitrogens with zero attached hydrogens (tertiary/aromatic N) is 3. The van der Waals surface area contributed by atoms with E-state index in [-0.39, 0.29) is 0 Å². The van der Waals surface area contributed by atoms with Crippen LogP contribution < -0.4 is 11.5 Å². The molecule has 5 heteroatoms. The Morgan fingerprint density at radius 1 is 1.00 bits per heavy atom. The van der Waals surface area contributed by atoms with Crippen molar-refractivity contribution in [2.24, 2.45) is 0 Å². The molecule has 0 atom stereocenters. The van der Waals surface area contributed by atoms with Crippen LogP contribution in [0.3, 0.4) is 0 Å². The van der Waals surface area contributed by atoms with E-state index in [1.807, 2.05) is 0 Å². The summed E-state index contributed by atoms with van der Waals surface area (Å²) in [5, 5.41) is 0. The zero-order valence-electron chi connectivity index (χ0n) is 7.38. The highest BCUT2D eigenvalue weighted by molar-refractivity contribution is 5.66. The molecular weight excluding hydrogens is 178 g/mol. The van der Waals surface area contributed by atoms with Crippen LogP contribution in [0.2, 0.25) is 0 Å². The van der Waals surface area contributed by atoms with E-state index in [1.165, 1.54) is 6.33 Å². The molecular formula is C9H9N5. The Morgan fingerprint density at radius 3 is 2.36 bits per heavy atom. The predicted octanol–water partition coefficient (Wildman–Crippen LogP) is 0.703. The summed E-state index contributed by atoms with van der Waals surface area (Å²) in [6.07, 6.45) is 4.81. The third-order valence-corrected chi connectivity index (χ3v) is 1.81. The molecule has 4 N–H and O–H groups in total. The van der Waals surface area contributed by atoms with E-state index in [0.29, 0.717) is 11.5 Å². The molecule has 0 bridgehead atoms. The van der Waals surface area contributed by atoms with Gasteiger partial charge in [-0.2, -0.15) is 0 Å². The highest BCUT2D eigenvalue weighted by atomic mass is 14.9. The molecule has 0 saturated heterocycles. The van der Waals surface area contributed by atoms with Crippen molar-refractivity contribution in [3.05, 3.63) is 30.9 Å². The Hall–Kier alpha value is -2.17. The van der Waals surface area contributed by atoms with Gasteiger partial charge in [0.1, 0.15) is 12.1 Å². The summed E-state index contributed by atoms with van der Waals surface area (Å²) in [4.78, 5) is 11.9. The number of hydrogen-bond donors (Lipinski definition) is 2. The first kappa shape index (κ1) is 8.43. The Morgan fingerprint density at radius 2 is 1.71 bits per heavy atom. The van der Waals surface area contributed by atoms with Crippen LogP contribution in [0.5, 0.6) is 0 Å². The first-order valence-electron chi connectivity index (χ1n) is 4.05. The standard InChI is InChI=1S/C9H9N5/c10-7-1-2-8(14-9(7)11)6-3-12-5-13-4-6/h1-5H,10H2,(H2,11,14). The largest absolute Gasteiger partial charge is 0.396 e. The van der Waals surface area contributed by atoms with Crippen LogP contribution in [-0.2, 0) is 0 Å². The summed E-state index contributed by atoms with van der Waals surface area (Å²) in [5.74, 6) is 0.325. The Labute approximate surface area is 80.8 Å². The van der Waals surface area contributed by atoms with Gasteiger partial charge in [0.2, 0.25) is 0 Å². The second kappa shape index (κ2) is 3.29. The average molecular weight is 187 g/mol. The van der Waals surface area contributed by atoms with Crippen LogP contribution in [0, 0.1) is 0 Å². The highest BCUT2D eigenvalue weighted by Gasteiger charge is 2.01. The Bertz CT molecular complexity index is 440. The van der Waals surface area contributed by atoms with Gasteiger partial charge in [-0.3, -0.25) is 0 Å². The lowest BCUT2D eigenvalue weighted by molar-refractivity contribution is 1.16. The van der Waals surface area contributed by atoms with Crippen molar-refractivity contribution < 1.29 is 0 Å². The second-order valence-corrected chi connectivity index (χ2v) is 2.80. The molecule has 0 unspecified atom stereocenters. The fourth-order valence-electron chi connectivity index (χ4n) is 1.08. The zero-order valence-corrected chi connectivity index (χ0v) is 7.38. The molecule has 14 heavy (non-hydrogen) atoms. The zero-order chi connectivity index (χ0) is 9.97. The monoisotopic (exact) mass is 187 g/mol. The van der Waals surface area contributed by atoms with Crippen molar-refractivity contribution in [2.45, 2.75) is 0 Å². The molecule has 0 spiro atoms. The minimum atomic E-state index is 0.325. The number of aromatic nitrogens is 3. The van der Waals surface area contributed by atoms with Crippen molar-refractivity contribution in [1.82, 2.24) is 15.0 Å². The number of nitrogen functional groups attached to an aromatic ring is 2. The second-order valence-electron chi connectivity index (χ2n) is 2.80. The maximum Gasteiger partial charge on any atom is 0.147 e. The molecule has 0 aromatic carbocycles. The van der Waals surface area contributed by atoms with Crippen molar-refractivity contribution >= 4 is 11.5 Å². The molecule has 0 radical (unpaired) electrons. The lowest BCUT2D eigenvalue weighted by Crippen LogP contribution is -1.98. The number of anilines is 2. The maximum atomic E-state index is 5.58. The van der Waals surface area contributed by atoms with Gasteiger partial charge < -0.3 is 11.5 Å². The van der Waals surface area contributed by atoms with Gasteiger partial charge >= 0.3 is 0 Å². The van der Waals surface area contributed by atoms with Crippen molar-refractivity contribution in [2.75, 3.05) is 11.5 Å². The summed E-state index contributed by atoms with van der Waals surface area (Å²) in [6, 6.07) is 3.50. The van der Waals surface area contributed by atoms with Gasteiger partial charge in [0.05, 0.1) is 11.4 Å².